The largest absolute Gasteiger partial charge is 0.444 e. The van der Waals surface area contributed by atoms with Crippen molar-refractivity contribution in [3.8, 4) is 0 Å². The topological polar surface area (TPSA) is 72.7 Å². The maximum Gasteiger partial charge on any atom is 0.415 e. The first kappa shape index (κ1) is 17.9. The second-order valence-electron chi connectivity index (χ2n) is 6.45. The first-order valence-corrected chi connectivity index (χ1v) is 8.90. The Morgan fingerprint density at radius 3 is 2.38 bits per heavy atom. The van der Waals surface area contributed by atoms with E-state index >= 15 is 0 Å². The lowest BCUT2D eigenvalue weighted by molar-refractivity contribution is -0.384. The number of nitrogens with zero attached hydrogens (tertiary/aromatic N) is 2. The van der Waals surface area contributed by atoms with Crippen LogP contribution < -0.4 is 4.90 Å². The molecule has 0 unspecified atom stereocenters. The summed E-state index contributed by atoms with van der Waals surface area (Å²) in [5, 5.41) is 11.4. The van der Waals surface area contributed by atoms with Crippen molar-refractivity contribution in [1.82, 2.24) is 0 Å². The molecule has 1 amide bonds. The molecule has 1 aliphatic rings. The van der Waals surface area contributed by atoms with Crippen LogP contribution in [0.5, 0.6) is 0 Å². The molecule has 0 radical (unpaired) electrons. The van der Waals surface area contributed by atoms with Crippen molar-refractivity contribution in [2.45, 2.75) is 44.8 Å². The van der Waals surface area contributed by atoms with Gasteiger partial charge in [-0.3, -0.25) is 15.0 Å². The van der Waals surface area contributed by atoms with Crippen molar-refractivity contribution in [2.24, 2.45) is 0 Å². The number of hydrogen-bond acceptors (Lipinski definition) is 4. The predicted molar refractivity (Wildman–Crippen MR) is 99.1 cm³/mol. The van der Waals surface area contributed by atoms with Crippen molar-refractivity contribution >= 4 is 17.5 Å². The van der Waals surface area contributed by atoms with Crippen LogP contribution in [0.3, 0.4) is 0 Å². The highest BCUT2D eigenvalue weighted by molar-refractivity contribution is 5.91. The van der Waals surface area contributed by atoms with E-state index in [9.17, 15) is 14.9 Å². The van der Waals surface area contributed by atoms with Crippen LogP contribution in [0.15, 0.2) is 54.6 Å². The van der Waals surface area contributed by atoms with Crippen LogP contribution in [-0.2, 0) is 11.3 Å². The first-order valence-electron chi connectivity index (χ1n) is 8.90. The maximum absolute atomic E-state index is 12.9. The summed E-state index contributed by atoms with van der Waals surface area (Å²) in [6, 6.07) is 15.7. The maximum atomic E-state index is 12.9. The van der Waals surface area contributed by atoms with E-state index < -0.39 is 11.0 Å². The summed E-state index contributed by atoms with van der Waals surface area (Å²) < 4.78 is 5.50. The molecule has 1 saturated carbocycles. The highest BCUT2D eigenvalue weighted by atomic mass is 16.6. The van der Waals surface area contributed by atoms with Gasteiger partial charge in [0.25, 0.3) is 5.69 Å². The molecule has 0 N–H and O–H groups in total. The minimum Gasteiger partial charge on any atom is -0.444 e. The van der Waals surface area contributed by atoms with E-state index in [-0.39, 0.29) is 18.3 Å². The lowest BCUT2D eigenvalue weighted by Crippen LogP contribution is -2.42. The zero-order valence-electron chi connectivity index (χ0n) is 14.5. The molecule has 6 nitrogen and oxygen atoms in total. The predicted octanol–water partition coefficient (Wildman–Crippen LogP) is 5.07. The van der Waals surface area contributed by atoms with E-state index in [4.69, 9.17) is 4.74 Å². The number of amides is 1. The quantitative estimate of drug-likeness (QED) is 0.555. The smallest absolute Gasteiger partial charge is 0.415 e. The van der Waals surface area contributed by atoms with Gasteiger partial charge in [-0.2, -0.15) is 0 Å². The van der Waals surface area contributed by atoms with Crippen LogP contribution in [0.4, 0.5) is 16.2 Å². The van der Waals surface area contributed by atoms with E-state index in [0.29, 0.717) is 5.69 Å². The second kappa shape index (κ2) is 8.47. The molecule has 26 heavy (non-hydrogen) atoms. The molecule has 1 aliphatic carbocycles. The van der Waals surface area contributed by atoms with Gasteiger partial charge in [-0.15, -0.1) is 0 Å². The van der Waals surface area contributed by atoms with Crippen molar-refractivity contribution in [1.29, 1.82) is 0 Å². The van der Waals surface area contributed by atoms with Crippen molar-refractivity contribution in [2.75, 3.05) is 4.90 Å². The third-order valence-corrected chi connectivity index (χ3v) is 4.68. The number of nitro groups is 1. The summed E-state index contributed by atoms with van der Waals surface area (Å²) in [5.41, 5.74) is 1.12. The SMILES string of the molecule is O=C(OCc1ccccc1)N(c1ccccc1[N+](=O)[O-])C1CCCCC1. The average molecular weight is 354 g/mol. The molecule has 0 bridgehead atoms. The van der Waals surface area contributed by atoms with Crippen LogP contribution in [0, 0.1) is 10.1 Å². The highest BCUT2D eigenvalue weighted by Gasteiger charge is 2.32. The van der Waals surface area contributed by atoms with Crippen molar-refractivity contribution in [3.63, 3.8) is 0 Å². The number of carbonyl (C=O) groups is 1. The summed E-state index contributed by atoms with van der Waals surface area (Å²) in [5.74, 6) is 0. The molecule has 0 atom stereocenters. The molecule has 136 valence electrons. The third-order valence-electron chi connectivity index (χ3n) is 4.68. The Hall–Kier alpha value is -2.89. The van der Waals surface area contributed by atoms with Crippen LogP contribution in [0.2, 0.25) is 0 Å². The number of benzene rings is 2. The molecule has 6 heteroatoms. The highest BCUT2D eigenvalue weighted by Crippen LogP contribution is 2.34. The van der Waals surface area contributed by atoms with Crippen LogP contribution >= 0.6 is 0 Å². The van der Waals surface area contributed by atoms with Gasteiger partial charge in [0.2, 0.25) is 0 Å². The Kier molecular flexibility index (Phi) is 5.84. The summed E-state index contributed by atoms with van der Waals surface area (Å²) in [6.45, 7) is 0.142. The van der Waals surface area contributed by atoms with Crippen LogP contribution in [0.25, 0.3) is 0 Å². The Labute approximate surface area is 152 Å². The average Bonchev–Trinajstić information content (AvgIpc) is 2.68. The molecule has 2 aromatic rings. The minimum atomic E-state index is -0.532. The second-order valence-corrected chi connectivity index (χ2v) is 6.45. The van der Waals surface area contributed by atoms with Gasteiger partial charge in [0.15, 0.2) is 0 Å². The Morgan fingerprint density at radius 1 is 1.04 bits per heavy atom. The lowest BCUT2D eigenvalue weighted by Gasteiger charge is -2.33. The van der Waals surface area contributed by atoms with Gasteiger partial charge >= 0.3 is 6.09 Å². The van der Waals surface area contributed by atoms with E-state index in [2.05, 4.69) is 0 Å². The number of para-hydroxylation sites is 2. The van der Waals surface area contributed by atoms with Gasteiger partial charge in [-0.25, -0.2) is 4.79 Å². The van der Waals surface area contributed by atoms with Gasteiger partial charge in [0, 0.05) is 12.1 Å². The Morgan fingerprint density at radius 2 is 1.69 bits per heavy atom. The Bertz CT molecular complexity index is 757. The van der Waals surface area contributed by atoms with Gasteiger partial charge in [0.1, 0.15) is 12.3 Å². The molecule has 0 aliphatic heterocycles. The fourth-order valence-corrected chi connectivity index (χ4v) is 3.39. The van der Waals surface area contributed by atoms with Gasteiger partial charge in [-0.1, -0.05) is 61.7 Å². The van der Waals surface area contributed by atoms with E-state index in [1.165, 1.54) is 11.0 Å². The standard InChI is InChI=1S/C20H22N2O4/c23-20(26-15-16-9-3-1-4-10-16)21(17-11-5-2-6-12-17)18-13-7-8-14-19(18)22(24)25/h1,3-4,7-10,13-14,17H,2,5-6,11-12,15H2. The summed E-state index contributed by atoms with van der Waals surface area (Å²) >= 11 is 0. The number of ether oxygens (including phenoxy) is 1. The fourth-order valence-electron chi connectivity index (χ4n) is 3.39. The van der Waals surface area contributed by atoms with E-state index in [1.807, 2.05) is 30.3 Å². The molecule has 0 aromatic heterocycles. The molecular weight excluding hydrogens is 332 g/mol. The number of carbonyl (C=O) groups excluding carboxylic acids is 1. The van der Waals surface area contributed by atoms with Crippen molar-refractivity contribution in [3.05, 3.63) is 70.3 Å². The molecule has 2 aromatic carbocycles. The third kappa shape index (κ3) is 4.20. The molecule has 3 rings (SSSR count). The summed E-state index contributed by atoms with van der Waals surface area (Å²) in [6.07, 6.45) is 4.26. The molecular formula is C20H22N2O4. The zero-order chi connectivity index (χ0) is 18.4. The fraction of sp³-hybridized carbons (Fsp3) is 0.350. The normalized spacial score (nSPS) is 14.6. The van der Waals surface area contributed by atoms with Crippen molar-refractivity contribution < 1.29 is 14.5 Å². The lowest BCUT2D eigenvalue weighted by atomic mass is 9.94. The zero-order valence-corrected chi connectivity index (χ0v) is 14.5. The molecule has 0 spiro atoms. The Balaban J connectivity index is 1.86. The van der Waals surface area contributed by atoms with Gasteiger partial charge in [-0.05, 0) is 24.5 Å². The number of rotatable bonds is 5. The summed E-state index contributed by atoms with van der Waals surface area (Å²) in [4.78, 5) is 25.3. The summed E-state index contributed by atoms with van der Waals surface area (Å²) in [7, 11) is 0. The first-order chi connectivity index (χ1) is 12.7. The van der Waals surface area contributed by atoms with Gasteiger partial charge in [0.05, 0.1) is 4.92 Å². The number of hydrogen-bond donors (Lipinski definition) is 0. The number of anilines is 1. The van der Waals surface area contributed by atoms with Gasteiger partial charge < -0.3 is 4.74 Å². The number of nitro benzene ring substituents is 1. The van der Waals surface area contributed by atoms with Crippen LogP contribution in [0.1, 0.15) is 37.7 Å². The monoisotopic (exact) mass is 354 g/mol. The minimum absolute atomic E-state index is 0.0743. The van der Waals surface area contributed by atoms with E-state index in [1.54, 1.807) is 18.2 Å². The molecule has 1 fully saturated rings. The van der Waals surface area contributed by atoms with E-state index in [0.717, 1.165) is 37.7 Å². The molecule has 0 heterocycles. The molecule has 0 saturated heterocycles. The van der Waals surface area contributed by atoms with Crippen LogP contribution in [-0.4, -0.2) is 17.1 Å².